The van der Waals surface area contributed by atoms with Crippen molar-refractivity contribution in [2.75, 3.05) is 39.4 Å². The molecule has 146 valence electrons. The number of benzene rings is 1. The van der Waals surface area contributed by atoms with Gasteiger partial charge in [0.25, 0.3) is 5.91 Å². The van der Waals surface area contributed by atoms with Gasteiger partial charge in [-0.05, 0) is 62.2 Å². The molecule has 1 fully saturated rings. The van der Waals surface area contributed by atoms with Crippen molar-refractivity contribution in [3.8, 4) is 5.75 Å². The molecule has 0 atom stereocenters. The van der Waals surface area contributed by atoms with Gasteiger partial charge in [0.2, 0.25) is 0 Å². The smallest absolute Gasteiger partial charge is 0.286 e. The average Bonchev–Trinajstić information content (AvgIpc) is 3.16. The van der Waals surface area contributed by atoms with Gasteiger partial charge in [-0.1, -0.05) is 6.07 Å². The number of nitrogens with one attached hydrogen (secondary N) is 1. The highest BCUT2D eigenvalue weighted by Gasteiger charge is 2.13. The number of carbonyl (C=O) groups excluding carboxylic acids is 1. The van der Waals surface area contributed by atoms with Crippen LogP contribution in [-0.2, 0) is 11.3 Å². The van der Waals surface area contributed by atoms with Crippen LogP contribution in [0.15, 0.2) is 34.7 Å². The van der Waals surface area contributed by atoms with Gasteiger partial charge >= 0.3 is 0 Å². The third-order valence-corrected chi connectivity index (χ3v) is 4.79. The maximum absolute atomic E-state index is 12.2. The predicted octanol–water partition coefficient (Wildman–Crippen LogP) is 2.93. The average molecular weight is 372 g/mol. The Morgan fingerprint density at radius 2 is 1.96 bits per heavy atom. The first kappa shape index (κ1) is 19.5. The molecule has 0 saturated carbocycles. The van der Waals surface area contributed by atoms with E-state index in [4.69, 9.17) is 13.9 Å². The molecule has 1 aromatic carbocycles. The first-order chi connectivity index (χ1) is 13.1. The second kappa shape index (κ2) is 9.58. The molecule has 1 aliphatic rings. The van der Waals surface area contributed by atoms with Crippen molar-refractivity contribution in [3.63, 3.8) is 0 Å². The minimum atomic E-state index is -0.186. The van der Waals surface area contributed by atoms with E-state index in [9.17, 15) is 4.79 Å². The number of amides is 1. The van der Waals surface area contributed by atoms with E-state index in [-0.39, 0.29) is 5.91 Å². The molecule has 0 bridgehead atoms. The van der Waals surface area contributed by atoms with Gasteiger partial charge in [-0.3, -0.25) is 9.69 Å². The molecule has 6 nitrogen and oxygen atoms in total. The lowest BCUT2D eigenvalue weighted by molar-refractivity contribution is 0.0374. The van der Waals surface area contributed by atoms with Crippen LogP contribution in [0.4, 0.5) is 0 Å². The van der Waals surface area contributed by atoms with Crippen molar-refractivity contribution >= 4 is 5.91 Å². The molecule has 1 amide bonds. The van der Waals surface area contributed by atoms with Crippen LogP contribution in [0.1, 0.15) is 33.9 Å². The fraction of sp³-hybridized carbons (Fsp3) is 0.476. The molecule has 0 unspecified atom stereocenters. The zero-order valence-corrected chi connectivity index (χ0v) is 16.1. The highest BCUT2D eigenvalue weighted by molar-refractivity contribution is 5.91. The quantitative estimate of drug-likeness (QED) is 0.722. The monoisotopic (exact) mass is 372 g/mol. The summed E-state index contributed by atoms with van der Waals surface area (Å²) in [7, 11) is 0. The Morgan fingerprint density at radius 3 is 2.74 bits per heavy atom. The van der Waals surface area contributed by atoms with Gasteiger partial charge < -0.3 is 19.2 Å². The minimum absolute atomic E-state index is 0.186. The van der Waals surface area contributed by atoms with E-state index < -0.39 is 0 Å². The molecule has 0 radical (unpaired) electrons. The van der Waals surface area contributed by atoms with Crippen LogP contribution >= 0.6 is 0 Å². The Bertz CT molecular complexity index is 750. The maximum Gasteiger partial charge on any atom is 0.286 e. The van der Waals surface area contributed by atoms with E-state index in [1.165, 1.54) is 11.1 Å². The summed E-state index contributed by atoms with van der Waals surface area (Å²) in [4.78, 5) is 14.5. The van der Waals surface area contributed by atoms with Crippen molar-refractivity contribution in [3.05, 3.63) is 53.0 Å². The van der Waals surface area contributed by atoms with Crippen LogP contribution in [0.2, 0.25) is 0 Å². The van der Waals surface area contributed by atoms with E-state index in [0.29, 0.717) is 24.7 Å². The highest BCUT2D eigenvalue weighted by Crippen LogP contribution is 2.18. The lowest BCUT2D eigenvalue weighted by Crippen LogP contribution is -2.38. The largest absolute Gasteiger partial charge is 0.486 e. The van der Waals surface area contributed by atoms with Crippen LogP contribution in [0.5, 0.6) is 5.75 Å². The number of morpholine rings is 1. The van der Waals surface area contributed by atoms with Gasteiger partial charge in [0.15, 0.2) is 5.76 Å². The number of hydrogen-bond acceptors (Lipinski definition) is 5. The van der Waals surface area contributed by atoms with Crippen molar-refractivity contribution < 1.29 is 18.7 Å². The Labute approximate surface area is 160 Å². The summed E-state index contributed by atoms with van der Waals surface area (Å²) in [6.45, 7) is 9.55. The first-order valence-corrected chi connectivity index (χ1v) is 9.49. The summed E-state index contributed by atoms with van der Waals surface area (Å²) in [5.74, 6) is 1.56. The molecule has 1 aromatic heterocycles. The highest BCUT2D eigenvalue weighted by atomic mass is 16.5. The normalized spacial score (nSPS) is 14.9. The van der Waals surface area contributed by atoms with Crippen molar-refractivity contribution in [1.29, 1.82) is 0 Å². The van der Waals surface area contributed by atoms with Crippen molar-refractivity contribution in [1.82, 2.24) is 10.2 Å². The molecule has 0 aliphatic carbocycles. The number of carbonyl (C=O) groups is 1. The molecule has 6 heteroatoms. The number of rotatable bonds is 8. The fourth-order valence-corrected chi connectivity index (χ4v) is 2.95. The molecule has 1 N–H and O–H groups in total. The minimum Gasteiger partial charge on any atom is -0.486 e. The molecule has 1 saturated heterocycles. The molecule has 3 rings (SSSR count). The van der Waals surface area contributed by atoms with Crippen LogP contribution < -0.4 is 10.1 Å². The van der Waals surface area contributed by atoms with Gasteiger partial charge in [0.1, 0.15) is 18.1 Å². The lowest BCUT2D eigenvalue weighted by atomic mass is 10.1. The van der Waals surface area contributed by atoms with Crippen molar-refractivity contribution in [2.45, 2.75) is 26.9 Å². The van der Waals surface area contributed by atoms with Gasteiger partial charge in [-0.2, -0.15) is 0 Å². The standard InChI is InChI=1S/C21H28N2O4/c1-16-4-5-18(14-17(16)2)26-15-19-6-7-20(27-19)21(24)22-8-3-9-23-10-12-25-13-11-23/h4-7,14H,3,8-13,15H2,1-2H3,(H,22,24). The molecule has 2 heterocycles. The van der Waals surface area contributed by atoms with E-state index >= 15 is 0 Å². The van der Waals surface area contributed by atoms with Crippen LogP contribution in [0.25, 0.3) is 0 Å². The summed E-state index contributed by atoms with van der Waals surface area (Å²) < 4.78 is 16.7. The molecular weight excluding hydrogens is 344 g/mol. The second-order valence-electron chi connectivity index (χ2n) is 6.86. The van der Waals surface area contributed by atoms with E-state index in [2.05, 4.69) is 24.1 Å². The molecular formula is C21H28N2O4. The molecule has 0 spiro atoms. The number of furan rings is 1. The summed E-state index contributed by atoms with van der Waals surface area (Å²) in [6, 6.07) is 9.44. The van der Waals surface area contributed by atoms with Crippen LogP contribution in [0, 0.1) is 13.8 Å². The number of aryl methyl sites for hydroxylation is 2. The van der Waals surface area contributed by atoms with Gasteiger partial charge in [0, 0.05) is 19.6 Å². The van der Waals surface area contributed by atoms with Gasteiger partial charge in [-0.25, -0.2) is 0 Å². The van der Waals surface area contributed by atoms with E-state index in [1.54, 1.807) is 12.1 Å². The topological polar surface area (TPSA) is 63.9 Å². The molecule has 2 aromatic rings. The Kier molecular flexibility index (Phi) is 6.90. The van der Waals surface area contributed by atoms with Crippen LogP contribution in [0.3, 0.4) is 0 Å². The number of ether oxygens (including phenoxy) is 2. The van der Waals surface area contributed by atoms with E-state index in [0.717, 1.165) is 45.0 Å². The van der Waals surface area contributed by atoms with E-state index in [1.807, 2.05) is 18.2 Å². The third kappa shape index (κ3) is 5.84. The first-order valence-electron chi connectivity index (χ1n) is 9.49. The zero-order valence-electron chi connectivity index (χ0n) is 16.1. The SMILES string of the molecule is Cc1ccc(OCc2ccc(C(=O)NCCCN3CCOCC3)o2)cc1C. The number of nitrogens with zero attached hydrogens (tertiary/aromatic N) is 1. The fourth-order valence-electron chi connectivity index (χ4n) is 2.95. The maximum atomic E-state index is 12.2. The summed E-state index contributed by atoms with van der Waals surface area (Å²) >= 11 is 0. The summed E-state index contributed by atoms with van der Waals surface area (Å²) in [5.41, 5.74) is 2.41. The van der Waals surface area contributed by atoms with Crippen LogP contribution in [-0.4, -0.2) is 50.2 Å². The summed E-state index contributed by atoms with van der Waals surface area (Å²) in [6.07, 6.45) is 0.912. The third-order valence-electron chi connectivity index (χ3n) is 4.79. The molecule has 27 heavy (non-hydrogen) atoms. The predicted molar refractivity (Wildman–Crippen MR) is 103 cm³/mol. The Morgan fingerprint density at radius 1 is 1.15 bits per heavy atom. The zero-order chi connectivity index (χ0) is 19.1. The molecule has 1 aliphatic heterocycles. The number of hydrogen-bond donors (Lipinski definition) is 1. The lowest BCUT2D eigenvalue weighted by Gasteiger charge is -2.26. The van der Waals surface area contributed by atoms with Gasteiger partial charge in [0.05, 0.1) is 13.2 Å². The Balaban J connectivity index is 1.39. The summed E-state index contributed by atoms with van der Waals surface area (Å²) in [5, 5.41) is 2.91. The second-order valence-corrected chi connectivity index (χ2v) is 6.86. The van der Waals surface area contributed by atoms with Crippen molar-refractivity contribution in [2.24, 2.45) is 0 Å². The Hall–Kier alpha value is -2.31. The van der Waals surface area contributed by atoms with Gasteiger partial charge in [-0.15, -0.1) is 0 Å².